The van der Waals surface area contributed by atoms with Gasteiger partial charge in [0.2, 0.25) is 0 Å². The van der Waals surface area contributed by atoms with Crippen LogP contribution in [0.5, 0.6) is 0 Å². The molecule has 0 aliphatic rings. The number of rotatable bonds is 4. The summed E-state index contributed by atoms with van der Waals surface area (Å²) in [5, 5.41) is 0. The van der Waals surface area contributed by atoms with Gasteiger partial charge >= 0.3 is 29.6 Å². The smallest absolute Gasteiger partial charge is 0.744 e. The molecule has 2 rings (SSSR count). The van der Waals surface area contributed by atoms with Gasteiger partial charge < -0.3 is 9.45 Å². The Bertz CT molecular complexity index is 801. The maximum Gasteiger partial charge on any atom is 1.00 e. The summed E-state index contributed by atoms with van der Waals surface area (Å²) >= 11 is 0. The van der Waals surface area contributed by atoms with Crippen LogP contribution in [0.15, 0.2) is 52.4 Å². The van der Waals surface area contributed by atoms with Gasteiger partial charge in [0.15, 0.2) is 0 Å². The van der Waals surface area contributed by atoms with Crippen molar-refractivity contribution in [2.75, 3.05) is 19.0 Å². The molecule has 2 aromatic rings. The third-order valence-electron chi connectivity index (χ3n) is 3.22. The van der Waals surface area contributed by atoms with Gasteiger partial charge in [0.1, 0.15) is 10.1 Å². The molecule has 7 heteroatoms. The Kier molecular flexibility index (Phi) is 6.98. The molecule has 0 aliphatic heterocycles. The van der Waals surface area contributed by atoms with Crippen LogP contribution in [0.4, 0.5) is 11.4 Å². The second-order valence-electron chi connectivity index (χ2n) is 5.15. The minimum absolute atomic E-state index is 0. The number of hydrogen-bond donors (Lipinski definition) is 0. The Morgan fingerprint density at radius 3 is 2.17 bits per heavy atom. The first kappa shape index (κ1) is 19.9. The van der Waals surface area contributed by atoms with E-state index in [1.54, 1.807) is 13.1 Å². The van der Waals surface area contributed by atoms with Gasteiger partial charge in [-0.3, -0.25) is 4.99 Å². The SMILES string of the molecule is Cc1cc(S(=O)(=O)[O-])ccc1N=Cc1ccc(N(C)C)cc1.[Na+]. The minimum Gasteiger partial charge on any atom is -0.744 e. The van der Waals surface area contributed by atoms with E-state index in [1.807, 2.05) is 43.3 Å². The van der Waals surface area contributed by atoms with E-state index in [9.17, 15) is 13.0 Å². The first-order valence-electron chi connectivity index (χ1n) is 6.65. The van der Waals surface area contributed by atoms with E-state index in [0.717, 1.165) is 11.3 Å². The Balaban J connectivity index is 0.00000264. The number of aryl methyl sites for hydroxylation is 1. The van der Waals surface area contributed by atoms with E-state index >= 15 is 0 Å². The Labute approximate surface area is 159 Å². The van der Waals surface area contributed by atoms with Crippen molar-refractivity contribution in [1.82, 2.24) is 0 Å². The van der Waals surface area contributed by atoms with Crippen molar-refractivity contribution < 1.29 is 42.5 Å². The van der Waals surface area contributed by atoms with Gasteiger partial charge in [0.25, 0.3) is 0 Å². The molecule has 0 saturated carbocycles. The topological polar surface area (TPSA) is 72.8 Å². The van der Waals surface area contributed by atoms with Crippen molar-refractivity contribution in [3.63, 3.8) is 0 Å². The summed E-state index contributed by atoms with van der Waals surface area (Å²) in [7, 11) is -0.488. The number of aliphatic imine (C=N–C) groups is 1. The summed E-state index contributed by atoms with van der Waals surface area (Å²) < 4.78 is 32.9. The number of hydrogen-bond acceptors (Lipinski definition) is 5. The van der Waals surface area contributed by atoms with E-state index in [4.69, 9.17) is 0 Å². The van der Waals surface area contributed by atoms with Crippen LogP contribution in [0.2, 0.25) is 0 Å². The Hall–Kier alpha value is -1.18. The fraction of sp³-hybridized carbons (Fsp3) is 0.188. The zero-order valence-corrected chi connectivity index (χ0v) is 16.5. The van der Waals surface area contributed by atoms with Crippen LogP contribution in [0.25, 0.3) is 0 Å². The molecule has 0 aromatic heterocycles. The minimum atomic E-state index is -4.43. The molecule has 0 unspecified atom stereocenters. The molecule has 116 valence electrons. The monoisotopic (exact) mass is 340 g/mol. The predicted octanol–water partition coefficient (Wildman–Crippen LogP) is -0.280. The van der Waals surface area contributed by atoms with Crippen molar-refractivity contribution >= 4 is 27.7 Å². The first-order chi connectivity index (χ1) is 10.3. The van der Waals surface area contributed by atoms with Crippen molar-refractivity contribution in [3.8, 4) is 0 Å². The van der Waals surface area contributed by atoms with E-state index in [-0.39, 0.29) is 34.5 Å². The molecule has 0 saturated heterocycles. The average Bonchev–Trinajstić information content (AvgIpc) is 2.45. The summed E-state index contributed by atoms with van der Waals surface area (Å²) in [4.78, 5) is 6.11. The normalized spacial score (nSPS) is 11.3. The zero-order chi connectivity index (χ0) is 16.3. The largest absolute Gasteiger partial charge is 1.00 e. The first-order valence-corrected chi connectivity index (χ1v) is 8.06. The summed E-state index contributed by atoms with van der Waals surface area (Å²) in [5.41, 5.74) is 3.30. The molecule has 5 nitrogen and oxygen atoms in total. The molecule has 0 atom stereocenters. The fourth-order valence-electron chi connectivity index (χ4n) is 1.93. The quantitative estimate of drug-likeness (QED) is 0.436. The van der Waals surface area contributed by atoms with Gasteiger partial charge in [0.05, 0.1) is 10.6 Å². The molecule has 0 aliphatic carbocycles. The zero-order valence-electron chi connectivity index (χ0n) is 13.6. The molecule has 23 heavy (non-hydrogen) atoms. The maximum atomic E-state index is 11.0. The number of nitrogens with zero attached hydrogens (tertiary/aromatic N) is 2. The molecule has 0 heterocycles. The molecular formula is C16H17N2NaO3S. The molecule has 0 radical (unpaired) electrons. The third kappa shape index (κ3) is 5.44. The van der Waals surface area contributed by atoms with E-state index in [0.29, 0.717) is 11.3 Å². The molecular weight excluding hydrogens is 323 g/mol. The second-order valence-corrected chi connectivity index (χ2v) is 6.53. The van der Waals surface area contributed by atoms with Crippen molar-refractivity contribution in [2.45, 2.75) is 11.8 Å². The standard InChI is InChI=1S/C16H18N2O3S.Na/c1-12-10-15(22(19,20)21)8-9-16(12)17-11-13-4-6-14(7-5-13)18(2)3;/h4-11H,1-3H3,(H,19,20,21);/q;+1/p-1. The van der Waals surface area contributed by atoms with Crippen LogP contribution in [0.3, 0.4) is 0 Å². The molecule has 0 amide bonds. The van der Waals surface area contributed by atoms with Gasteiger partial charge in [-0.05, 0) is 48.4 Å². The second kappa shape index (κ2) is 8.08. The van der Waals surface area contributed by atoms with Gasteiger partial charge in [-0.1, -0.05) is 12.1 Å². The Morgan fingerprint density at radius 1 is 1.09 bits per heavy atom. The van der Waals surface area contributed by atoms with E-state index in [1.165, 1.54) is 18.2 Å². The molecule has 0 fully saturated rings. The molecule has 0 spiro atoms. The van der Waals surface area contributed by atoms with Crippen molar-refractivity contribution in [1.29, 1.82) is 0 Å². The summed E-state index contributed by atoms with van der Waals surface area (Å²) in [5.74, 6) is 0. The summed E-state index contributed by atoms with van der Waals surface area (Å²) in [6, 6.07) is 12.0. The number of benzene rings is 2. The third-order valence-corrected chi connectivity index (χ3v) is 4.05. The van der Waals surface area contributed by atoms with Gasteiger partial charge in [0, 0.05) is 26.0 Å². The predicted molar refractivity (Wildman–Crippen MR) is 87.2 cm³/mol. The van der Waals surface area contributed by atoms with Crippen LogP contribution >= 0.6 is 0 Å². The van der Waals surface area contributed by atoms with E-state index in [2.05, 4.69) is 4.99 Å². The molecule has 0 N–H and O–H groups in total. The summed E-state index contributed by atoms with van der Waals surface area (Å²) in [6.07, 6.45) is 1.70. The molecule has 2 aromatic carbocycles. The van der Waals surface area contributed by atoms with Crippen LogP contribution in [-0.4, -0.2) is 33.3 Å². The van der Waals surface area contributed by atoms with Crippen LogP contribution in [-0.2, 0) is 10.1 Å². The number of anilines is 1. The fourth-order valence-corrected chi connectivity index (χ4v) is 2.49. The van der Waals surface area contributed by atoms with Crippen molar-refractivity contribution in [3.05, 3.63) is 53.6 Å². The summed E-state index contributed by atoms with van der Waals surface area (Å²) in [6.45, 7) is 1.72. The maximum absolute atomic E-state index is 11.0. The van der Waals surface area contributed by atoms with Crippen LogP contribution < -0.4 is 34.5 Å². The molecule has 0 bridgehead atoms. The van der Waals surface area contributed by atoms with Gasteiger partial charge in [-0.2, -0.15) is 0 Å². The average molecular weight is 340 g/mol. The van der Waals surface area contributed by atoms with Crippen LogP contribution in [0, 0.1) is 6.92 Å². The van der Waals surface area contributed by atoms with E-state index < -0.39 is 10.1 Å². The Morgan fingerprint density at radius 2 is 1.70 bits per heavy atom. The van der Waals surface area contributed by atoms with Gasteiger partial charge in [-0.15, -0.1) is 0 Å². The van der Waals surface area contributed by atoms with Crippen LogP contribution in [0.1, 0.15) is 11.1 Å². The van der Waals surface area contributed by atoms with Crippen molar-refractivity contribution in [2.24, 2.45) is 4.99 Å². The van der Waals surface area contributed by atoms with Gasteiger partial charge in [-0.25, -0.2) is 8.42 Å².